The highest BCUT2D eigenvalue weighted by molar-refractivity contribution is 6.30. The molecule has 3 heterocycles. The summed E-state index contributed by atoms with van der Waals surface area (Å²) in [6.07, 6.45) is 3.25. The lowest BCUT2D eigenvalue weighted by Crippen LogP contribution is -2.48. The van der Waals surface area contributed by atoms with Crippen LogP contribution in [-0.4, -0.2) is 70.2 Å². The molecular weight excluding hydrogens is 473 g/mol. The molecule has 1 N–H and O–H groups in total. The summed E-state index contributed by atoms with van der Waals surface area (Å²) in [5.74, 6) is -1.41. The van der Waals surface area contributed by atoms with Gasteiger partial charge in [0.15, 0.2) is 0 Å². The van der Waals surface area contributed by atoms with Gasteiger partial charge in [0.1, 0.15) is 11.9 Å². The fourth-order valence-electron chi connectivity index (χ4n) is 5.27. The summed E-state index contributed by atoms with van der Waals surface area (Å²) in [6.45, 7) is 3.01. The zero-order valence-corrected chi connectivity index (χ0v) is 20.1. The summed E-state index contributed by atoms with van der Waals surface area (Å²) in [5, 5.41) is 19.5. The van der Waals surface area contributed by atoms with Crippen molar-refractivity contribution in [2.45, 2.75) is 37.8 Å². The Balaban J connectivity index is 1.54. The second-order valence-corrected chi connectivity index (χ2v) is 9.34. The number of piperidine rings is 1. The van der Waals surface area contributed by atoms with Crippen molar-refractivity contribution in [3.8, 4) is 6.07 Å². The highest BCUT2D eigenvalue weighted by Gasteiger charge is 2.43. The van der Waals surface area contributed by atoms with Crippen LogP contribution in [0.25, 0.3) is 0 Å². The normalized spacial score (nSPS) is 24.2. The average Bonchev–Trinajstić information content (AvgIpc) is 3.30. The number of aromatic nitrogens is 1. The Morgan fingerprint density at radius 2 is 2.14 bits per heavy atom. The van der Waals surface area contributed by atoms with Crippen molar-refractivity contribution in [1.29, 1.82) is 5.26 Å². The van der Waals surface area contributed by atoms with Crippen LogP contribution in [0.5, 0.6) is 0 Å². The monoisotopic (exact) mass is 499 g/mol. The van der Waals surface area contributed by atoms with E-state index in [1.54, 1.807) is 30.3 Å². The van der Waals surface area contributed by atoms with Crippen molar-refractivity contribution in [1.82, 2.24) is 14.8 Å². The van der Waals surface area contributed by atoms with Gasteiger partial charge >= 0.3 is 6.09 Å². The topological polar surface area (TPSA) is 101 Å². The molecule has 0 spiro atoms. The van der Waals surface area contributed by atoms with E-state index in [1.165, 1.54) is 17.0 Å². The minimum Gasteiger partial charge on any atom is -0.465 e. The first-order valence-electron chi connectivity index (χ1n) is 11.6. The van der Waals surface area contributed by atoms with Crippen molar-refractivity contribution in [2.75, 3.05) is 31.1 Å². The van der Waals surface area contributed by atoms with E-state index in [4.69, 9.17) is 11.6 Å². The van der Waals surface area contributed by atoms with Crippen LogP contribution < -0.4 is 4.90 Å². The van der Waals surface area contributed by atoms with E-state index in [-0.39, 0.29) is 42.4 Å². The Morgan fingerprint density at radius 1 is 1.34 bits per heavy atom. The number of hydrogen-bond donors (Lipinski definition) is 1. The maximum absolute atomic E-state index is 14.2. The van der Waals surface area contributed by atoms with E-state index in [1.807, 2.05) is 17.0 Å². The fraction of sp³-hybridized carbons (Fsp3) is 0.440. The van der Waals surface area contributed by atoms with Crippen LogP contribution in [0.1, 0.15) is 31.2 Å². The second-order valence-electron chi connectivity index (χ2n) is 8.93. The number of hydrogen-bond acceptors (Lipinski definition) is 5. The van der Waals surface area contributed by atoms with Crippen molar-refractivity contribution in [3.05, 3.63) is 59.1 Å². The number of benzene rings is 1. The zero-order valence-electron chi connectivity index (χ0n) is 19.3. The Bertz CT molecular complexity index is 1130. The van der Waals surface area contributed by atoms with Gasteiger partial charge in [0.05, 0.1) is 29.0 Å². The minimum absolute atomic E-state index is 0.00951. The molecule has 2 fully saturated rings. The molecule has 35 heavy (non-hydrogen) atoms. The molecule has 1 aromatic heterocycles. The molecule has 10 heteroatoms. The number of pyridine rings is 1. The van der Waals surface area contributed by atoms with Gasteiger partial charge in [-0.3, -0.25) is 9.78 Å². The standard InChI is InChI=1S/C25H27ClFN5O3/c1-2-31(25(34)35)23-15-30(14-20(23)16-5-6-21(26)22(27)11-16)24(33)17-7-9-32(19(10-17)12-28)18-4-3-8-29-13-18/h3-6,8,11,13,17,19-20,23H,2,7,9-10,14-15H2,1H3,(H,34,35)/t17?,19?,20-,23+/m0/s1. The molecular formula is C25H27ClFN5O3. The molecule has 0 aliphatic carbocycles. The third-order valence-corrected chi connectivity index (χ3v) is 7.34. The number of nitrogens with zero attached hydrogens (tertiary/aromatic N) is 5. The molecule has 4 atom stereocenters. The van der Waals surface area contributed by atoms with Gasteiger partial charge in [-0.05, 0) is 49.6 Å². The molecule has 8 nitrogen and oxygen atoms in total. The fourth-order valence-corrected chi connectivity index (χ4v) is 5.39. The quantitative estimate of drug-likeness (QED) is 0.668. The molecule has 184 valence electrons. The Morgan fingerprint density at radius 3 is 2.77 bits per heavy atom. The highest BCUT2D eigenvalue weighted by atomic mass is 35.5. The van der Waals surface area contributed by atoms with Gasteiger partial charge in [0.2, 0.25) is 5.91 Å². The summed E-state index contributed by atoms with van der Waals surface area (Å²) < 4.78 is 14.2. The SMILES string of the molecule is CCN(C(=O)O)[C@@H]1CN(C(=O)C2CCN(c3cccnc3)C(C#N)C2)C[C@H]1c1ccc(Cl)c(F)c1. The van der Waals surface area contributed by atoms with Crippen LogP contribution >= 0.6 is 11.6 Å². The van der Waals surface area contributed by atoms with E-state index >= 15 is 0 Å². The molecule has 2 aliphatic rings. The van der Waals surface area contributed by atoms with Crippen LogP contribution in [0.3, 0.4) is 0 Å². The number of carboxylic acid groups (broad SMARTS) is 1. The first kappa shape index (κ1) is 24.7. The summed E-state index contributed by atoms with van der Waals surface area (Å²) >= 11 is 5.85. The molecule has 2 aliphatic heterocycles. The molecule has 0 bridgehead atoms. The predicted molar refractivity (Wildman–Crippen MR) is 129 cm³/mol. The number of carbonyl (C=O) groups excluding carboxylic acids is 1. The van der Waals surface area contributed by atoms with Crippen molar-refractivity contribution in [2.24, 2.45) is 5.92 Å². The number of likely N-dealkylation sites (tertiary alicyclic amines) is 1. The number of rotatable bonds is 5. The zero-order chi connectivity index (χ0) is 25.1. The van der Waals surface area contributed by atoms with Crippen molar-refractivity contribution < 1.29 is 19.1 Å². The molecule has 0 saturated carbocycles. The first-order valence-corrected chi connectivity index (χ1v) is 12.0. The predicted octanol–water partition coefficient (Wildman–Crippen LogP) is 3.98. The number of anilines is 1. The lowest BCUT2D eigenvalue weighted by Gasteiger charge is -2.38. The highest BCUT2D eigenvalue weighted by Crippen LogP contribution is 2.36. The van der Waals surface area contributed by atoms with Gasteiger partial charge in [-0.2, -0.15) is 5.26 Å². The van der Waals surface area contributed by atoms with E-state index in [2.05, 4.69) is 11.1 Å². The average molecular weight is 500 g/mol. The van der Waals surface area contributed by atoms with Crippen LogP contribution in [0.2, 0.25) is 5.02 Å². The Labute approximate surface area is 208 Å². The minimum atomic E-state index is -1.08. The number of nitriles is 1. The van der Waals surface area contributed by atoms with Gasteiger partial charge in [0, 0.05) is 44.2 Å². The van der Waals surface area contributed by atoms with Gasteiger partial charge in [0.25, 0.3) is 0 Å². The van der Waals surface area contributed by atoms with Gasteiger partial charge in [-0.1, -0.05) is 17.7 Å². The van der Waals surface area contributed by atoms with Gasteiger partial charge in [-0.15, -0.1) is 0 Å². The molecule has 2 aromatic rings. The van der Waals surface area contributed by atoms with Crippen molar-refractivity contribution in [3.63, 3.8) is 0 Å². The molecule has 2 saturated heterocycles. The second kappa shape index (κ2) is 10.5. The maximum Gasteiger partial charge on any atom is 0.407 e. The lowest BCUT2D eigenvalue weighted by atomic mass is 9.89. The summed E-state index contributed by atoms with van der Waals surface area (Å²) in [4.78, 5) is 34.5. The third-order valence-electron chi connectivity index (χ3n) is 7.04. The van der Waals surface area contributed by atoms with Gasteiger partial charge < -0.3 is 19.8 Å². The Hall–Kier alpha value is -3.38. The number of carbonyl (C=O) groups is 2. The van der Waals surface area contributed by atoms with E-state index in [0.29, 0.717) is 24.9 Å². The van der Waals surface area contributed by atoms with E-state index in [0.717, 1.165) is 5.69 Å². The van der Waals surface area contributed by atoms with Crippen LogP contribution in [-0.2, 0) is 4.79 Å². The summed E-state index contributed by atoms with van der Waals surface area (Å²) in [5.41, 5.74) is 1.45. The van der Waals surface area contributed by atoms with E-state index in [9.17, 15) is 24.3 Å². The summed E-state index contributed by atoms with van der Waals surface area (Å²) in [6, 6.07) is 9.51. The lowest BCUT2D eigenvalue weighted by molar-refractivity contribution is -0.135. The number of halogens is 2. The maximum atomic E-state index is 14.2. The number of amides is 2. The largest absolute Gasteiger partial charge is 0.465 e. The summed E-state index contributed by atoms with van der Waals surface area (Å²) in [7, 11) is 0. The van der Waals surface area contributed by atoms with Crippen molar-refractivity contribution >= 4 is 29.3 Å². The third kappa shape index (κ3) is 5.03. The first-order chi connectivity index (χ1) is 16.8. The van der Waals surface area contributed by atoms with Gasteiger partial charge in [-0.25, -0.2) is 9.18 Å². The molecule has 4 rings (SSSR count). The molecule has 2 unspecified atom stereocenters. The Kier molecular flexibility index (Phi) is 7.41. The van der Waals surface area contributed by atoms with Crippen LogP contribution in [0.15, 0.2) is 42.7 Å². The molecule has 2 amide bonds. The van der Waals surface area contributed by atoms with E-state index < -0.39 is 24.0 Å². The van der Waals surface area contributed by atoms with Crippen LogP contribution in [0, 0.1) is 23.1 Å². The smallest absolute Gasteiger partial charge is 0.407 e. The van der Waals surface area contributed by atoms with Crippen LogP contribution in [0.4, 0.5) is 14.9 Å². The number of likely N-dealkylation sites (N-methyl/N-ethyl adjacent to an activating group) is 1. The molecule has 1 aromatic carbocycles. The molecule has 0 radical (unpaired) electrons.